The van der Waals surface area contributed by atoms with Crippen molar-refractivity contribution in [2.75, 3.05) is 26.8 Å². The van der Waals surface area contributed by atoms with E-state index in [1.54, 1.807) is 6.92 Å². The van der Waals surface area contributed by atoms with Crippen LogP contribution in [0.5, 0.6) is 0 Å². The van der Waals surface area contributed by atoms with E-state index in [9.17, 15) is 4.79 Å². The molecule has 2 unspecified atom stereocenters. The topological polar surface area (TPSA) is 29.5 Å². The molecule has 0 aliphatic carbocycles. The zero-order chi connectivity index (χ0) is 11.3. The first-order valence-corrected chi connectivity index (χ1v) is 5.87. The number of ketones is 1. The molecule has 15 heavy (non-hydrogen) atoms. The fourth-order valence-electron chi connectivity index (χ4n) is 2.11. The van der Waals surface area contributed by atoms with Gasteiger partial charge in [0.05, 0.1) is 6.61 Å². The summed E-state index contributed by atoms with van der Waals surface area (Å²) in [5.41, 5.74) is 0. The van der Waals surface area contributed by atoms with Gasteiger partial charge in [0.15, 0.2) is 0 Å². The van der Waals surface area contributed by atoms with E-state index in [0.29, 0.717) is 18.4 Å². The molecule has 1 fully saturated rings. The molecular formula is C12H23NO2. The van der Waals surface area contributed by atoms with Gasteiger partial charge in [-0.2, -0.15) is 0 Å². The predicted molar refractivity (Wildman–Crippen MR) is 60.9 cm³/mol. The van der Waals surface area contributed by atoms with Crippen molar-refractivity contribution in [2.24, 2.45) is 5.92 Å². The number of hydrogen-bond acceptors (Lipinski definition) is 3. The maximum Gasteiger partial charge on any atom is 0.131 e. The van der Waals surface area contributed by atoms with Gasteiger partial charge in [0.1, 0.15) is 5.78 Å². The van der Waals surface area contributed by atoms with E-state index in [1.165, 1.54) is 12.8 Å². The molecule has 0 amide bonds. The Morgan fingerprint density at radius 2 is 2.33 bits per heavy atom. The molecule has 1 aliphatic rings. The summed E-state index contributed by atoms with van der Waals surface area (Å²) in [7, 11) is 2.10. The molecule has 0 saturated carbocycles. The standard InChI is InChI=1S/C12H23NO2/c1-10(7-11(2)14)13(3)8-12-5-4-6-15-9-12/h10,12H,4-9H2,1-3H3. The lowest BCUT2D eigenvalue weighted by atomic mass is 10.0. The summed E-state index contributed by atoms with van der Waals surface area (Å²) < 4.78 is 5.45. The Balaban J connectivity index is 2.26. The molecule has 1 saturated heterocycles. The largest absolute Gasteiger partial charge is 0.381 e. The highest BCUT2D eigenvalue weighted by Crippen LogP contribution is 2.16. The van der Waals surface area contributed by atoms with E-state index in [-0.39, 0.29) is 5.78 Å². The second-order valence-electron chi connectivity index (χ2n) is 4.78. The molecule has 0 N–H and O–H groups in total. The van der Waals surface area contributed by atoms with Gasteiger partial charge >= 0.3 is 0 Å². The molecule has 0 aromatic heterocycles. The second-order valence-corrected chi connectivity index (χ2v) is 4.78. The molecule has 0 radical (unpaired) electrons. The van der Waals surface area contributed by atoms with Crippen molar-refractivity contribution in [3.05, 3.63) is 0 Å². The summed E-state index contributed by atoms with van der Waals surface area (Å²) in [5, 5.41) is 0. The minimum absolute atomic E-state index is 0.272. The average molecular weight is 213 g/mol. The van der Waals surface area contributed by atoms with Crippen LogP contribution in [0, 0.1) is 5.92 Å². The van der Waals surface area contributed by atoms with Gasteiger partial charge in [0.2, 0.25) is 0 Å². The Morgan fingerprint density at radius 3 is 2.87 bits per heavy atom. The molecule has 0 aromatic carbocycles. The van der Waals surface area contributed by atoms with Crippen LogP contribution in [0.25, 0.3) is 0 Å². The average Bonchev–Trinajstić information content (AvgIpc) is 2.18. The number of carbonyl (C=O) groups is 1. The lowest BCUT2D eigenvalue weighted by Gasteiger charge is -2.30. The first-order chi connectivity index (χ1) is 7.09. The van der Waals surface area contributed by atoms with Crippen LogP contribution in [-0.2, 0) is 9.53 Å². The first kappa shape index (κ1) is 12.7. The van der Waals surface area contributed by atoms with Gasteiger partial charge in [-0.1, -0.05) is 0 Å². The highest BCUT2D eigenvalue weighted by atomic mass is 16.5. The monoisotopic (exact) mass is 213 g/mol. The van der Waals surface area contributed by atoms with Gasteiger partial charge in [0.25, 0.3) is 0 Å². The number of rotatable bonds is 5. The fourth-order valence-corrected chi connectivity index (χ4v) is 2.11. The van der Waals surface area contributed by atoms with E-state index >= 15 is 0 Å². The molecule has 88 valence electrons. The Kier molecular flexibility index (Phi) is 5.26. The van der Waals surface area contributed by atoms with Crippen LogP contribution >= 0.6 is 0 Å². The van der Waals surface area contributed by atoms with E-state index in [2.05, 4.69) is 18.9 Å². The molecule has 1 aliphatic heterocycles. The number of carbonyl (C=O) groups excluding carboxylic acids is 1. The first-order valence-electron chi connectivity index (χ1n) is 5.87. The molecule has 1 rings (SSSR count). The Morgan fingerprint density at radius 1 is 1.60 bits per heavy atom. The summed E-state index contributed by atoms with van der Waals surface area (Å²) in [6, 6.07) is 0.351. The third-order valence-corrected chi connectivity index (χ3v) is 3.14. The fraction of sp³-hybridized carbons (Fsp3) is 0.917. The molecule has 3 heteroatoms. The number of nitrogens with zero attached hydrogens (tertiary/aromatic N) is 1. The third-order valence-electron chi connectivity index (χ3n) is 3.14. The third kappa shape index (κ3) is 4.76. The van der Waals surface area contributed by atoms with Crippen molar-refractivity contribution >= 4 is 5.78 Å². The smallest absolute Gasteiger partial charge is 0.131 e. The molecule has 1 heterocycles. The van der Waals surface area contributed by atoms with Gasteiger partial charge in [-0.15, -0.1) is 0 Å². The molecular weight excluding hydrogens is 190 g/mol. The van der Waals surface area contributed by atoms with E-state index < -0.39 is 0 Å². The second kappa shape index (κ2) is 6.23. The van der Waals surface area contributed by atoms with Crippen LogP contribution < -0.4 is 0 Å². The summed E-state index contributed by atoms with van der Waals surface area (Å²) in [5.74, 6) is 0.924. The zero-order valence-electron chi connectivity index (χ0n) is 10.2. The molecule has 0 aromatic rings. The van der Waals surface area contributed by atoms with E-state index in [1.807, 2.05) is 0 Å². The van der Waals surface area contributed by atoms with Gasteiger partial charge in [-0.25, -0.2) is 0 Å². The molecule has 3 nitrogen and oxygen atoms in total. The minimum Gasteiger partial charge on any atom is -0.381 e. The van der Waals surface area contributed by atoms with Crippen LogP contribution in [0.2, 0.25) is 0 Å². The SMILES string of the molecule is CC(=O)CC(C)N(C)CC1CCCOC1. The van der Waals surface area contributed by atoms with Crippen molar-refractivity contribution < 1.29 is 9.53 Å². The van der Waals surface area contributed by atoms with E-state index in [4.69, 9.17) is 4.74 Å². The van der Waals surface area contributed by atoms with Crippen LogP contribution in [0.15, 0.2) is 0 Å². The van der Waals surface area contributed by atoms with Crippen LogP contribution in [0.1, 0.15) is 33.1 Å². The number of hydrogen-bond donors (Lipinski definition) is 0. The lowest BCUT2D eigenvalue weighted by Crippen LogP contribution is -2.37. The summed E-state index contributed by atoms with van der Waals surface area (Å²) in [6.45, 7) is 6.63. The molecule has 0 spiro atoms. The summed E-state index contributed by atoms with van der Waals surface area (Å²) in [4.78, 5) is 13.3. The van der Waals surface area contributed by atoms with Crippen molar-refractivity contribution in [3.63, 3.8) is 0 Å². The van der Waals surface area contributed by atoms with Crippen molar-refractivity contribution in [1.29, 1.82) is 0 Å². The maximum absolute atomic E-state index is 11.0. The van der Waals surface area contributed by atoms with Crippen LogP contribution in [-0.4, -0.2) is 43.5 Å². The van der Waals surface area contributed by atoms with Crippen molar-refractivity contribution in [3.8, 4) is 0 Å². The zero-order valence-corrected chi connectivity index (χ0v) is 10.2. The normalized spacial score (nSPS) is 24.1. The quantitative estimate of drug-likeness (QED) is 0.696. The van der Waals surface area contributed by atoms with Gasteiger partial charge in [0, 0.05) is 25.6 Å². The molecule has 0 bridgehead atoms. The van der Waals surface area contributed by atoms with E-state index in [0.717, 1.165) is 19.8 Å². The van der Waals surface area contributed by atoms with Gasteiger partial charge in [-0.05, 0) is 39.7 Å². The van der Waals surface area contributed by atoms with Crippen LogP contribution in [0.4, 0.5) is 0 Å². The lowest BCUT2D eigenvalue weighted by molar-refractivity contribution is -0.118. The Labute approximate surface area is 92.8 Å². The summed E-state index contributed by atoms with van der Waals surface area (Å²) >= 11 is 0. The van der Waals surface area contributed by atoms with Crippen molar-refractivity contribution in [1.82, 2.24) is 4.90 Å². The van der Waals surface area contributed by atoms with Gasteiger partial charge < -0.3 is 9.64 Å². The Bertz CT molecular complexity index is 200. The van der Waals surface area contributed by atoms with Crippen LogP contribution in [0.3, 0.4) is 0 Å². The van der Waals surface area contributed by atoms with Crippen molar-refractivity contribution in [2.45, 2.75) is 39.2 Å². The predicted octanol–water partition coefficient (Wildman–Crippen LogP) is 1.71. The highest BCUT2D eigenvalue weighted by Gasteiger charge is 2.19. The maximum atomic E-state index is 11.0. The number of ether oxygens (including phenoxy) is 1. The number of Topliss-reactive ketones (excluding diaryl/α,β-unsaturated/α-hetero) is 1. The van der Waals surface area contributed by atoms with Gasteiger partial charge in [-0.3, -0.25) is 4.79 Å². The molecule has 2 atom stereocenters. The minimum atomic E-state index is 0.272. The summed E-state index contributed by atoms with van der Waals surface area (Å²) in [6.07, 6.45) is 3.10. The highest BCUT2D eigenvalue weighted by molar-refractivity contribution is 5.76. The Hall–Kier alpha value is -0.410.